The Morgan fingerprint density at radius 2 is 1.93 bits per heavy atom. The number of carbonyl (C=O) groups is 2. The van der Waals surface area contributed by atoms with Gasteiger partial charge in [-0.25, -0.2) is 4.68 Å². The summed E-state index contributed by atoms with van der Waals surface area (Å²) < 4.78 is 14.6. The van der Waals surface area contributed by atoms with Crippen LogP contribution in [-0.2, 0) is 15.3 Å². The number of aromatic nitrogens is 3. The fraction of sp³-hybridized carbons (Fsp3) is 0.455. The van der Waals surface area contributed by atoms with Gasteiger partial charge in [0.05, 0.1) is 11.1 Å². The third-order valence-corrected chi connectivity index (χ3v) is 10.2. The minimum absolute atomic E-state index is 0.0363. The molecule has 0 spiro atoms. The number of rotatable bonds is 9. The van der Waals surface area contributed by atoms with Gasteiger partial charge >= 0.3 is 0 Å². The smallest absolute Gasteiger partial charge is 0.260 e. The van der Waals surface area contributed by atoms with Crippen molar-refractivity contribution in [3.05, 3.63) is 68.3 Å². The van der Waals surface area contributed by atoms with Gasteiger partial charge in [0.15, 0.2) is 23.9 Å². The van der Waals surface area contributed by atoms with Gasteiger partial charge in [-0.15, -0.1) is 5.10 Å². The third kappa shape index (κ3) is 6.90. The fourth-order valence-electron chi connectivity index (χ4n) is 6.23. The molecule has 1 amide bonds. The van der Waals surface area contributed by atoms with Crippen molar-refractivity contribution in [3.8, 4) is 11.5 Å². The molecule has 3 aliphatic rings. The molecule has 1 fully saturated rings. The lowest BCUT2D eigenvalue weighted by molar-refractivity contribution is -0.134. The number of ketones is 1. The van der Waals surface area contributed by atoms with Crippen molar-refractivity contribution < 1.29 is 19.1 Å². The molecular weight excluding hydrogens is 678 g/mol. The van der Waals surface area contributed by atoms with Crippen molar-refractivity contribution in [2.75, 3.05) is 31.6 Å². The summed E-state index contributed by atoms with van der Waals surface area (Å²) in [4.78, 5) is 33.4. The molecule has 1 N–H and O–H groups in total. The number of anilines is 1. The van der Waals surface area contributed by atoms with Gasteiger partial charge in [0.1, 0.15) is 6.04 Å². The Morgan fingerprint density at radius 1 is 1.16 bits per heavy atom. The summed E-state index contributed by atoms with van der Waals surface area (Å²) in [6, 6.07) is 11.0. The molecule has 12 heteroatoms. The molecule has 238 valence electrons. The van der Waals surface area contributed by atoms with Crippen LogP contribution in [-0.4, -0.2) is 57.7 Å². The summed E-state index contributed by atoms with van der Waals surface area (Å²) in [7, 11) is 0. The van der Waals surface area contributed by atoms with E-state index in [4.69, 9.17) is 31.2 Å². The molecule has 2 aliphatic heterocycles. The lowest BCUT2D eigenvalue weighted by atomic mass is 9.73. The zero-order valence-electron chi connectivity index (χ0n) is 25.7. The number of thioether (sulfide) groups is 1. The Hall–Kier alpha value is -3.02. The number of Topliss-reactive ketones (excluding diaryl/α,β-unsaturated/α-hetero) is 1. The topological polar surface area (TPSA) is 98.6 Å². The number of halogens is 2. The van der Waals surface area contributed by atoms with E-state index in [9.17, 15) is 9.59 Å². The zero-order valence-corrected chi connectivity index (χ0v) is 28.9. The van der Waals surface area contributed by atoms with E-state index in [0.717, 1.165) is 49.2 Å². The molecule has 6 rings (SSSR count). The molecule has 1 unspecified atom stereocenters. The average Bonchev–Trinajstić information content (AvgIpc) is 3.41. The van der Waals surface area contributed by atoms with E-state index in [0.29, 0.717) is 62.9 Å². The van der Waals surface area contributed by atoms with Gasteiger partial charge < -0.3 is 19.7 Å². The fourth-order valence-corrected chi connectivity index (χ4v) is 7.92. The molecule has 9 nitrogen and oxygen atoms in total. The number of amides is 1. The maximum absolute atomic E-state index is 13.8. The minimum Gasteiger partial charge on any atom is -0.490 e. The number of carbonyl (C=O) groups excluding carboxylic acids is 2. The number of likely N-dealkylation sites (tertiary alicyclic amines) is 1. The van der Waals surface area contributed by atoms with E-state index in [1.165, 1.54) is 11.8 Å². The SMILES string of the molecule is CCOc1cc(C2C3=C(CC(C)(C)CC3=O)Nc3nc(SCc4ccccc4Cl)nn32)cc(Br)c1OCC(=O)N1CCCCC1. The van der Waals surface area contributed by atoms with Gasteiger partial charge in [-0.3, -0.25) is 9.59 Å². The first-order chi connectivity index (χ1) is 21.6. The van der Waals surface area contributed by atoms with Crippen LogP contribution < -0.4 is 14.8 Å². The van der Waals surface area contributed by atoms with E-state index in [1.807, 2.05) is 48.2 Å². The highest BCUT2D eigenvalue weighted by atomic mass is 79.9. The van der Waals surface area contributed by atoms with Crippen LogP contribution in [0, 0.1) is 5.41 Å². The third-order valence-electron chi connectivity index (χ3n) is 8.32. The zero-order chi connectivity index (χ0) is 31.7. The standard InChI is InChI=1S/C33H37BrClN5O4S/c1-4-43-26-15-21(14-22(34)30(26)44-18-27(42)39-12-8-5-9-13-39)29-28-24(16-33(2,3)17-25(28)41)36-31-37-32(38-40(29)31)45-19-20-10-6-7-11-23(20)35/h6-7,10-11,14-15,29H,4-5,8-9,12-13,16-19H2,1-3H3,(H,36,37,38). The summed E-state index contributed by atoms with van der Waals surface area (Å²) in [5.74, 6) is 2.17. The molecule has 0 saturated carbocycles. The van der Waals surface area contributed by atoms with Crippen LogP contribution in [0.1, 0.15) is 70.0 Å². The molecular formula is C33H37BrClN5O4S. The lowest BCUT2D eigenvalue weighted by Crippen LogP contribution is -2.38. The number of fused-ring (bicyclic) bond motifs is 1. The van der Waals surface area contributed by atoms with Crippen molar-refractivity contribution in [1.29, 1.82) is 0 Å². The van der Waals surface area contributed by atoms with E-state index in [2.05, 4.69) is 35.1 Å². The maximum Gasteiger partial charge on any atom is 0.260 e. The van der Waals surface area contributed by atoms with Gasteiger partial charge in [0, 0.05) is 41.6 Å². The molecule has 0 bridgehead atoms. The number of benzene rings is 2. The normalized spacial score (nSPS) is 19.1. The number of hydrogen-bond acceptors (Lipinski definition) is 8. The van der Waals surface area contributed by atoms with Crippen LogP contribution in [0.4, 0.5) is 5.95 Å². The molecule has 2 aromatic carbocycles. The minimum atomic E-state index is -0.526. The second-order valence-electron chi connectivity index (χ2n) is 12.4. The van der Waals surface area contributed by atoms with Gasteiger partial charge in [0.2, 0.25) is 11.1 Å². The van der Waals surface area contributed by atoms with Gasteiger partial charge in [0.25, 0.3) is 5.91 Å². The molecule has 45 heavy (non-hydrogen) atoms. The second-order valence-corrected chi connectivity index (χ2v) is 14.6. The number of ether oxygens (including phenoxy) is 2. The second kappa shape index (κ2) is 13.4. The lowest BCUT2D eigenvalue weighted by Gasteiger charge is -2.38. The Kier molecular flexibility index (Phi) is 9.49. The number of hydrogen-bond donors (Lipinski definition) is 1. The monoisotopic (exact) mass is 713 g/mol. The summed E-state index contributed by atoms with van der Waals surface area (Å²) in [6.45, 7) is 7.96. The van der Waals surface area contributed by atoms with E-state index >= 15 is 0 Å². The summed E-state index contributed by atoms with van der Waals surface area (Å²) in [6.07, 6.45) is 4.32. The van der Waals surface area contributed by atoms with Gasteiger partial charge in [-0.1, -0.05) is 55.4 Å². The Morgan fingerprint density at radius 3 is 2.69 bits per heavy atom. The summed E-state index contributed by atoms with van der Waals surface area (Å²) in [5.41, 5.74) is 3.15. The molecule has 1 atom stereocenters. The Labute approximate surface area is 281 Å². The first-order valence-corrected chi connectivity index (χ1v) is 17.5. The van der Waals surface area contributed by atoms with Crippen LogP contribution in [0.3, 0.4) is 0 Å². The molecule has 0 radical (unpaired) electrons. The summed E-state index contributed by atoms with van der Waals surface area (Å²) >= 11 is 11.6. The molecule has 1 aliphatic carbocycles. The highest BCUT2D eigenvalue weighted by Gasteiger charge is 2.42. The Bertz CT molecular complexity index is 1650. The van der Waals surface area contributed by atoms with Crippen molar-refractivity contribution in [2.45, 2.75) is 69.8 Å². The van der Waals surface area contributed by atoms with Crippen molar-refractivity contribution >= 4 is 56.9 Å². The number of nitrogens with one attached hydrogen (secondary N) is 1. The van der Waals surface area contributed by atoms with E-state index in [1.54, 1.807) is 4.68 Å². The van der Waals surface area contributed by atoms with Gasteiger partial charge in [-0.2, -0.15) is 4.98 Å². The first kappa shape index (κ1) is 31.9. The number of piperidine rings is 1. The molecule has 3 heterocycles. The predicted octanol–water partition coefficient (Wildman–Crippen LogP) is 7.43. The first-order valence-electron chi connectivity index (χ1n) is 15.4. The highest BCUT2D eigenvalue weighted by molar-refractivity contribution is 9.10. The quantitative estimate of drug-likeness (QED) is 0.229. The predicted molar refractivity (Wildman–Crippen MR) is 179 cm³/mol. The molecule has 1 saturated heterocycles. The van der Waals surface area contributed by atoms with Crippen LogP contribution in [0.2, 0.25) is 5.02 Å². The van der Waals surface area contributed by atoms with Crippen molar-refractivity contribution in [1.82, 2.24) is 19.7 Å². The average molecular weight is 715 g/mol. The van der Waals surface area contributed by atoms with E-state index < -0.39 is 6.04 Å². The van der Waals surface area contributed by atoms with Crippen LogP contribution >= 0.6 is 39.3 Å². The largest absolute Gasteiger partial charge is 0.490 e. The summed E-state index contributed by atoms with van der Waals surface area (Å²) in [5, 5.41) is 9.61. The van der Waals surface area contributed by atoms with Crippen molar-refractivity contribution in [2.24, 2.45) is 5.41 Å². The van der Waals surface area contributed by atoms with E-state index in [-0.39, 0.29) is 23.7 Å². The number of nitrogens with zero attached hydrogens (tertiary/aromatic N) is 4. The van der Waals surface area contributed by atoms with Crippen LogP contribution in [0.25, 0.3) is 0 Å². The van der Waals surface area contributed by atoms with Crippen LogP contribution in [0.15, 0.2) is 57.3 Å². The van der Waals surface area contributed by atoms with Crippen molar-refractivity contribution in [3.63, 3.8) is 0 Å². The maximum atomic E-state index is 13.8. The molecule has 3 aromatic rings. The Balaban J connectivity index is 1.35. The number of allylic oxidation sites excluding steroid dienone is 2. The molecule has 1 aromatic heterocycles. The van der Waals surface area contributed by atoms with Gasteiger partial charge in [-0.05, 0) is 83.3 Å². The van der Waals surface area contributed by atoms with Crippen LogP contribution in [0.5, 0.6) is 11.5 Å². The highest BCUT2D eigenvalue weighted by Crippen LogP contribution is 2.48.